The van der Waals surface area contributed by atoms with Crippen molar-refractivity contribution in [2.45, 2.75) is 39.2 Å². The van der Waals surface area contributed by atoms with Crippen LogP contribution in [0.25, 0.3) is 11.5 Å². The third-order valence-electron chi connectivity index (χ3n) is 3.55. The molecule has 1 aliphatic rings. The van der Waals surface area contributed by atoms with Crippen molar-refractivity contribution < 1.29 is 9.26 Å². The molecule has 3 rings (SSSR count). The van der Waals surface area contributed by atoms with E-state index in [4.69, 9.17) is 9.26 Å². The maximum absolute atomic E-state index is 5.86. The van der Waals surface area contributed by atoms with E-state index < -0.39 is 0 Å². The van der Waals surface area contributed by atoms with Crippen LogP contribution in [0.4, 0.5) is 0 Å². The lowest BCUT2D eigenvalue weighted by molar-refractivity contribution is 0.0193. The van der Waals surface area contributed by atoms with Crippen molar-refractivity contribution in [2.24, 2.45) is 5.41 Å². The molecule has 1 fully saturated rings. The molecular weight excluding hydrogens is 256 g/mol. The molecule has 6 heteroatoms. The first-order valence-electron chi connectivity index (χ1n) is 6.78. The number of hydrogen-bond donors (Lipinski definition) is 0. The summed E-state index contributed by atoms with van der Waals surface area (Å²) in [6.45, 7) is 7.25. The summed E-state index contributed by atoms with van der Waals surface area (Å²) in [5.74, 6) is 1.38. The Kier molecular flexibility index (Phi) is 3.25. The molecule has 0 saturated carbocycles. The predicted molar refractivity (Wildman–Crippen MR) is 71.9 cm³/mol. The molecule has 20 heavy (non-hydrogen) atoms. The zero-order valence-electron chi connectivity index (χ0n) is 11.9. The first-order valence-corrected chi connectivity index (χ1v) is 6.78. The third-order valence-corrected chi connectivity index (χ3v) is 3.55. The molecule has 0 radical (unpaired) electrons. The van der Waals surface area contributed by atoms with Crippen molar-refractivity contribution in [3.8, 4) is 11.5 Å². The van der Waals surface area contributed by atoms with Crippen molar-refractivity contribution in [1.82, 2.24) is 20.3 Å². The van der Waals surface area contributed by atoms with Crippen molar-refractivity contribution in [1.29, 1.82) is 0 Å². The molecule has 2 aromatic rings. The van der Waals surface area contributed by atoms with Crippen LogP contribution in [0.1, 0.15) is 38.9 Å². The van der Waals surface area contributed by atoms with E-state index in [9.17, 15) is 0 Å². The van der Waals surface area contributed by atoms with Gasteiger partial charge in [0.1, 0.15) is 0 Å². The Balaban J connectivity index is 1.87. The van der Waals surface area contributed by atoms with E-state index in [1.165, 1.54) is 0 Å². The van der Waals surface area contributed by atoms with Crippen LogP contribution in [0.3, 0.4) is 0 Å². The highest BCUT2D eigenvalue weighted by atomic mass is 16.5. The summed E-state index contributed by atoms with van der Waals surface area (Å²) in [7, 11) is 0. The zero-order valence-corrected chi connectivity index (χ0v) is 11.9. The average Bonchev–Trinajstić information content (AvgIpc) is 3.08. The summed E-state index contributed by atoms with van der Waals surface area (Å²) < 4.78 is 11.2. The molecule has 2 atom stereocenters. The molecule has 2 aromatic heterocycles. The van der Waals surface area contributed by atoms with Gasteiger partial charge >= 0.3 is 0 Å². The molecule has 1 saturated heterocycles. The van der Waals surface area contributed by atoms with E-state index in [-0.39, 0.29) is 17.4 Å². The number of nitrogens with zero attached hydrogens (tertiary/aromatic N) is 4. The molecule has 106 valence electrons. The highest BCUT2D eigenvalue weighted by molar-refractivity contribution is 5.49. The van der Waals surface area contributed by atoms with Crippen LogP contribution in [0.5, 0.6) is 0 Å². The summed E-state index contributed by atoms with van der Waals surface area (Å²) in [6, 6.07) is 1.80. The Labute approximate surface area is 117 Å². The lowest BCUT2D eigenvalue weighted by atomic mass is 9.81. The maximum Gasteiger partial charge on any atom is 0.259 e. The van der Waals surface area contributed by atoms with Gasteiger partial charge in [-0.2, -0.15) is 15.2 Å². The largest absolute Gasteiger partial charge is 0.377 e. The third kappa shape index (κ3) is 2.43. The van der Waals surface area contributed by atoms with Gasteiger partial charge in [-0.05, 0) is 17.9 Å². The lowest BCUT2D eigenvalue weighted by Gasteiger charge is -2.29. The predicted octanol–water partition coefficient (Wildman–Crippen LogP) is 2.45. The van der Waals surface area contributed by atoms with Crippen LogP contribution in [-0.2, 0) is 4.74 Å². The van der Waals surface area contributed by atoms with Crippen molar-refractivity contribution in [3.63, 3.8) is 0 Å². The molecule has 0 unspecified atom stereocenters. The van der Waals surface area contributed by atoms with Gasteiger partial charge in [-0.25, -0.2) is 0 Å². The van der Waals surface area contributed by atoms with Crippen LogP contribution < -0.4 is 0 Å². The number of rotatable bonds is 2. The van der Waals surface area contributed by atoms with Crippen LogP contribution in [0.2, 0.25) is 0 Å². The normalized spacial score (nSPS) is 23.1. The van der Waals surface area contributed by atoms with Gasteiger partial charge in [0.05, 0.1) is 30.0 Å². The van der Waals surface area contributed by atoms with Crippen molar-refractivity contribution in [3.05, 3.63) is 24.3 Å². The zero-order chi connectivity index (χ0) is 14.2. The fraction of sp³-hybridized carbons (Fsp3) is 0.571. The fourth-order valence-electron chi connectivity index (χ4n) is 2.63. The van der Waals surface area contributed by atoms with E-state index in [0.717, 1.165) is 18.6 Å². The maximum atomic E-state index is 5.86. The van der Waals surface area contributed by atoms with Gasteiger partial charge in [-0.15, -0.1) is 0 Å². The number of aromatic nitrogens is 4. The first-order chi connectivity index (χ1) is 9.55. The monoisotopic (exact) mass is 274 g/mol. The number of hydrogen-bond acceptors (Lipinski definition) is 6. The molecule has 0 aromatic carbocycles. The Morgan fingerprint density at radius 2 is 2.10 bits per heavy atom. The van der Waals surface area contributed by atoms with E-state index in [1.807, 2.05) is 0 Å². The SMILES string of the molecule is CC(C)(C)[C@H]1OCC[C@@H]1c1noc(-c2ccnnc2)n1. The van der Waals surface area contributed by atoms with Gasteiger partial charge in [0.2, 0.25) is 0 Å². The smallest absolute Gasteiger partial charge is 0.259 e. The summed E-state index contributed by atoms with van der Waals surface area (Å²) >= 11 is 0. The summed E-state index contributed by atoms with van der Waals surface area (Å²) in [6.07, 6.45) is 4.26. The van der Waals surface area contributed by atoms with E-state index >= 15 is 0 Å². The standard InChI is InChI=1S/C14H18N4O2/c1-14(2,3)11-10(5-7-19-11)12-17-13(20-18-12)9-4-6-15-16-8-9/h4,6,8,10-11H,5,7H2,1-3H3/t10-,11-/m0/s1. The van der Waals surface area contributed by atoms with Crippen LogP contribution in [0, 0.1) is 5.41 Å². The molecule has 6 nitrogen and oxygen atoms in total. The second-order valence-electron chi connectivity index (χ2n) is 6.14. The Bertz CT molecular complexity index is 576. The Morgan fingerprint density at radius 1 is 1.25 bits per heavy atom. The second-order valence-corrected chi connectivity index (χ2v) is 6.14. The van der Waals surface area contributed by atoms with Crippen LogP contribution in [0.15, 0.2) is 23.0 Å². The molecule has 0 spiro atoms. The van der Waals surface area contributed by atoms with Gasteiger partial charge in [0.25, 0.3) is 5.89 Å². The second kappa shape index (κ2) is 4.94. The molecule has 0 bridgehead atoms. The van der Waals surface area contributed by atoms with Crippen molar-refractivity contribution >= 4 is 0 Å². The van der Waals surface area contributed by atoms with Gasteiger partial charge in [0, 0.05) is 6.61 Å². The molecule has 1 aliphatic heterocycles. The average molecular weight is 274 g/mol. The van der Waals surface area contributed by atoms with Crippen LogP contribution in [-0.4, -0.2) is 33.0 Å². The molecule has 0 amide bonds. The summed E-state index contributed by atoms with van der Waals surface area (Å²) in [4.78, 5) is 4.50. The number of ether oxygens (including phenoxy) is 1. The highest BCUT2D eigenvalue weighted by Crippen LogP contribution is 2.40. The topological polar surface area (TPSA) is 73.9 Å². The van der Waals surface area contributed by atoms with E-state index in [0.29, 0.717) is 11.7 Å². The summed E-state index contributed by atoms with van der Waals surface area (Å²) in [5, 5.41) is 11.7. The highest BCUT2D eigenvalue weighted by Gasteiger charge is 2.40. The fourth-order valence-corrected chi connectivity index (χ4v) is 2.63. The van der Waals surface area contributed by atoms with Gasteiger partial charge in [-0.1, -0.05) is 25.9 Å². The van der Waals surface area contributed by atoms with E-state index in [1.54, 1.807) is 18.5 Å². The first kappa shape index (κ1) is 13.2. The lowest BCUT2D eigenvalue weighted by Crippen LogP contribution is -2.30. The van der Waals surface area contributed by atoms with Gasteiger partial charge in [0.15, 0.2) is 5.82 Å². The quantitative estimate of drug-likeness (QED) is 0.837. The minimum atomic E-state index is 0.0557. The van der Waals surface area contributed by atoms with Crippen LogP contribution >= 0.6 is 0 Å². The molecular formula is C14H18N4O2. The summed E-state index contributed by atoms with van der Waals surface area (Å²) in [5.41, 5.74) is 0.838. The minimum absolute atomic E-state index is 0.0557. The minimum Gasteiger partial charge on any atom is -0.377 e. The van der Waals surface area contributed by atoms with Gasteiger partial charge < -0.3 is 9.26 Å². The Morgan fingerprint density at radius 3 is 2.80 bits per heavy atom. The molecule has 0 aliphatic carbocycles. The Hall–Kier alpha value is -1.82. The van der Waals surface area contributed by atoms with Crippen molar-refractivity contribution in [2.75, 3.05) is 6.61 Å². The van der Waals surface area contributed by atoms with E-state index in [2.05, 4.69) is 41.1 Å². The molecule has 0 N–H and O–H groups in total. The van der Waals surface area contributed by atoms with Gasteiger partial charge in [-0.3, -0.25) is 0 Å². The molecule has 3 heterocycles.